The maximum atomic E-state index is 12.7. The number of nitrogens with zero attached hydrogens (tertiary/aromatic N) is 2. The minimum Gasteiger partial charge on any atom is -1.00 e. The number of hydrogen-bond donors (Lipinski definition) is 1. The van der Waals surface area contributed by atoms with Gasteiger partial charge in [-0.25, -0.2) is 4.79 Å². The molecule has 0 atom stereocenters. The molecule has 192 valence electrons. The summed E-state index contributed by atoms with van der Waals surface area (Å²) >= 11 is 0. The van der Waals surface area contributed by atoms with E-state index in [0.29, 0.717) is 0 Å². The molecule has 4 rings (SSSR count). The zero-order valence-electron chi connectivity index (χ0n) is 21.6. The molecule has 1 aliphatic heterocycles. The molecule has 5 nitrogen and oxygen atoms in total. The second-order valence-electron chi connectivity index (χ2n) is 10.1. The number of amides is 1. The molecule has 0 aliphatic carbocycles. The number of para-hydroxylation sites is 1. The molecule has 1 aliphatic rings. The molecule has 6 heteroatoms. The highest BCUT2D eigenvalue weighted by atomic mass is 79.9. The summed E-state index contributed by atoms with van der Waals surface area (Å²) in [6.45, 7) is 7.19. The van der Waals surface area contributed by atoms with Crippen molar-refractivity contribution in [3.8, 4) is 11.1 Å². The summed E-state index contributed by atoms with van der Waals surface area (Å²) in [5.41, 5.74) is 5.57. The van der Waals surface area contributed by atoms with Crippen LogP contribution < -0.4 is 22.3 Å². The van der Waals surface area contributed by atoms with Crippen LogP contribution in [-0.4, -0.2) is 55.3 Å². The number of nitrogens with one attached hydrogen (secondary N) is 1. The number of halogens is 1. The van der Waals surface area contributed by atoms with Crippen LogP contribution in [0.4, 0.5) is 10.5 Å². The second kappa shape index (κ2) is 13.0. The first-order valence-corrected chi connectivity index (χ1v) is 12.7. The number of hydrogen-bond acceptors (Lipinski definition) is 3. The monoisotopic (exact) mass is 551 g/mol. The molecule has 36 heavy (non-hydrogen) atoms. The van der Waals surface area contributed by atoms with E-state index in [1.807, 2.05) is 54.6 Å². The van der Waals surface area contributed by atoms with Crippen LogP contribution >= 0.6 is 0 Å². The Bertz CT molecular complexity index is 1110. The van der Waals surface area contributed by atoms with Gasteiger partial charge in [-0.15, -0.1) is 0 Å². The van der Waals surface area contributed by atoms with Gasteiger partial charge in [-0.3, -0.25) is 10.2 Å². The Morgan fingerprint density at radius 3 is 2.33 bits per heavy atom. The van der Waals surface area contributed by atoms with Crippen molar-refractivity contribution < 1.29 is 31.0 Å². The largest absolute Gasteiger partial charge is 1.00 e. The minimum absolute atomic E-state index is 0. The molecule has 0 bridgehead atoms. The zero-order chi connectivity index (χ0) is 24.7. The van der Waals surface area contributed by atoms with Crippen LogP contribution in [0.3, 0.4) is 0 Å². The van der Waals surface area contributed by atoms with Gasteiger partial charge in [0.15, 0.2) is 0 Å². The molecule has 0 aromatic heterocycles. The molecule has 0 saturated carbocycles. The van der Waals surface area contributed by atoms with Crippen LogP contribution in [0.1, 0.15) is 30.9 Å². The van der Waals surface area contributed by atoms with E-state index in [9.17, 15) is 4.79 Å². The van der Waals surface area contributed by atoms with Crippen LogP contribution in [-0.2, 0) is 17.8 Å². The van der Waals surface area contributed by atoms with Crippen LogP contribution in [0, 0.1) is 0 Å². The molecule has 1 N–H and O–H groups in total. The van der Waals surface area contributed by atoms with Gasteiger partial charge in [0.1, 0.15) is 12.6 Å². The first-order valence-electron chi connectivity index (χ1n) is 12.7. The number of ether oxygens (including phenoxy) is 1. The van der Waals surface area contributed by atoms with E-state index < -0.39 is 0 Å². The molecule has 0 radical (unpaired) electrons. The van der Waals surface area contributed by atoms with E-state index in [4.69, 9.17) is 4.74 Å². The number of anilines is 1. The standard InChI is InChI=1S/C30H37N3O2.BrH/c1-4-33(2,3)23-25-12-10-11-24(21-25)22-32-19-17-27(18-20-32)35-30(34)31-29-16-9-8-15-28(29)26-13-6-5-7-14-26;/h5-16,21,27H,4,17-20,22-23H2,1-3H3;1H. The van der Waals surface area contributed by atoms with Crippen molar-refractivity contribution in [2.75, 3.05) is 39.0 Å². The molecule has 3 aromatic carbocycles. The van der Waals surface area contributed by atoms with Crippen LogP contribution in [0.15, 0.2) is 78.9 Å². The molecule has 0 spiro atoms. The smallest absolute Gasteiger partial charge is 0.411 e. The van der Waals surface area contributed by atoms with E-state index in [1.165, 1.54) is 11.1 Å². The van der Waals surface area contributed by atoms with Gasteiger partial charge >= 0.3 is 6.09 Å². The first-order chi connectivity index (χ1) is 16.9. The maximum Gasteiger partial charge on any atom is 0.411 e. The lowest BCUT2D eigenvalue weighted by Gasteiger charge is -2.32. The summed E-state index contributed by atoms with van der Waals surface area (Å²) in [5, 5.41) is 2.96. The highest BCUT2D eigenvalue weighted by Gasteiger charge is 2.23. The van der Waals surface area contributed by atoms with Gasteiger partial charge < -0.3 is 26.2 Å². The lowest BCUT2D eigenvalue weighted by Crippen LogP contribution is -3.00. The number of benzene rings is 3. The van der Waals surface area contributed by atoms with E-state index in [1.54, 1.807) is 0 Å². The summed E-state index contributed by atoms with van der Waals surface area (Å²) in [7, 11) is 4.54. The third-order valence-electron chi connectivity index (χ3n) is 6.92. The van der Waals surface area contributed by atoms with Gasteiger partial charge in [0.2, 0.25) is 0 Å². The first kappa shape index (κ1) is 27.9. The van der Waals surface area contributed by atoms with Crippen LogP contribution in [0.25, 0.3) is 11.1 Å². The Hall–Kier alpha value is -2.67. The Balaban J connectivity index is 0.00000361. The van der Waals surface area contributed by atoms with Gasteiger partial charge in [0.25, 0.3) is 0 Å². The van der Waals surface area contributed by atoms with Crippen molar-refractivity contribution in [2.24, 2.45) is 0 Å². The highest BCUT2D eigenvalue weighted by Crippen LogP contribution is 2.28. The maximum absolute atomic E-state index is 12.7. The summed E-state index contributed by atoms with van der Waals surface area (Å²) in [4.78, 5) is 15.1. The topological polar surface area (TPSA) is 41.6 Å². The molecular formula is C30H38BrN3O2. The third kappa shape index (κ3) is 7.92. The van der Waals surface area contributed by atoms with Crippen LogP contribution in [0.5, 0.6) is 0 Å². The Kier molecular flexibility index (Phi) is 10.1. The van der Waals surface area contributed by atoms with Gasteiger partial charge in [-0.05, 0) is 43.0 Å². The fourth-order valence-corrected chi connectivity index (χ4v) is 4.63. The van der Waals surface area contributed by atoms with E-state index in [-0.39, 0.29) is 29.2 Å². The number of piperidine rings is 1. The van der Waals surface area contributed by atoms with E-state index in [0.717, 1.165) is 66.9 Å². The minimum atomic E-state index is -0.379. The van der Waals surface area contributed by atoms with Gasteiger partial charge in [-0.1, -0.05) is 66.7 Å². The summed E-state index contributed by atoms with van der Waals surface area (Å²) in [6.07, 6.45) is 1.28. The number of likely N-dealkylation sites (tertiary alicyclic amines) is 1. The van der Waals surface area contributed by atoms with Crippen molar-refractivity contribution >= 4 is 11.8 Å². The zero-order valence-corrected chi connectivity index (χ0v) is 23.2. The molecule has 3 aromatic rings. The van der Waals surface area contributed by atoms with Crippen molar-refractivity contribution in [1.29, 1.82) is 0 Å². The number of quaternary nitrogens is 1. The Morgan fingerprint density at radius 1 is 0.944 bits per heavy atom. The number of carbonyl (C=O) groups is 1. The average molecular weight is 553 g/mol. The Morgan fingerprint density at radius 2 is 1.61 bits per heavy atom. The van der Waals surface area contributed by atoms with Gasteiger partial charge in [0.05, 0.1) is 26.3 Å². The highest BCUT2D eigenvalue weighted by molar-refractivity contribution is 5.91. The molecule has 1 saturated heterocycles. The lowest BCUT2D eigenvalue weighted by atomic mass is 10.0. The summed E-state index contributed by atoms with van der Waals surface area (Å²) in [5.74, 6) is 0. The molecule has 0 unspecified atom stereocenters. The fraction of sp³-hybridized carbons (Fsp3) is 0.367. The van der Waals surface area contributed by atoms with Crippen molar-refractivity contribution in [2.45, 2.75) is 39.0 Å². The second-order valence-corrected chi connectivity index (χ2v) is 10.1. The van der Waals surface area contributed by atoms with E-state index >= 15 is 0 Å². The predicted octanol–water partition coefficient (Wildman–Crippen LogP) is 3.17. The van der Waals surface area contributed by atoms with Gasteiger partial charge in [-0.2, -0.15) is 0 Å². The Labute approximate surface area is 226 Å². The van der Waals surface area contributed by atoms with Crippen molar-refractivity contribution in [1.82, 2.24) is 4.90 Å². The number of carbonyl (C=O) groups excluding carboxylic acids is 1. The average Bonchev–Trinajstić information content (AvgIpc) is 2.86. The van der Waals surface area contributed by atoms with Crippen LogP contribution in [0.2, 0.25) is 0 Å². The lowest BCUT2D eigenvalue weighted by molar-refractivity contribution is -0.901. The van der Waals surface area contributed by atoms with E-state index in [2.05, 4.69) is 55.5 Å². The molecular weight excluding hydrogens is 514 g/mol. The normalized spacial score (nSPS) is 14.6. The SMILES string of the molecule is CC[N+](C)(C)Cc1cccc(CN2CCC(OC(=O)Nc3ccccc3-c3ccccc3)CC2)c1.[Br-]. The molecule has 1 heterocycles. The number of rotatable bonds is 8. The summed E-state index contributed by atoms with van der Waals surface area (Å²) in [6, 6.07) is 26.9. The predicted molar refractivity (Wildman–Crippen MR) is 143 cm³/mol. The van der Waals surface area contributed by atoms with Gasteiger partial charge in [0, 0.05) is 30.8 Å². The fourth-order valence-electron chi connectivity index (χ4n) is 4.63. The van der Waals surface area contributed by atoms with Crippen molar-refractivity contribution in [3.63, 3.8) is 0 Å². The quantitative estimate of drug-likeness (QED) is 0.437. The molecule has 1 fully saturated rings. The van der Waals surface area contributed by atoms with Crippen molar-refractivity contribution in [3.05, 3.63) is 90.0 Å². The third-order valence-corrected chi connectivity index (χ3v) is 6.92. The molecule has 1 amide bonds. The summed E-state index contributed by atoms with van der Waals surface area (Å²) < 4.78 is 6.78.